The van der Waals surface area contributed by atoms with Gasteiger partial charge in [-0.3, -0.25) is 9.69 Å². The fourth-order valence-electron chi connectivity index (χ4n) is 4.45. The Kier molecular flexibility index (Phi) is 6.57. The van der Waals surface area contributed by atoms with Crippen molar-refractivity contribution in [3.63, 3.8) is 0 Å². The van der Waals surface area contributed by atoms with Crippen molar-refractivity contribution in [2.24, 2.45) is 5.73 Å². The van der Waals surface area contributed by atoms with Crippen LogP contribution < -0.4 is 16.1 Å². The first-order valence-electron chi connectivity index (χ1n) is 11.3. The molecule has 0 unspecified atom stereocenters. The van der Waals surface area contributed by atoms with Crippen LogP contribution in [0.4, 0.5) is 10.1 Å². The van der Waals surface area contributed by atoms with E-state index in [1.807, 2.05) is 9.47 Å². The molecule has 1 saturated carbocycles. The summed E-state index contributed by atoms with van der Waals surface area (Å²) >= 11 is 0. The van der Waals surface area contributed by atoms with Gasteiger partial charge in [-0.15, -0.1) is 0 Å². The summed E-state index contributed by atoms with van der Waals surface area (Å²) in [7, 11) is 0. The van der Waals surface area contributed by atoms with Gasteiger partial charge in [-0.05, 0) is 50.9 Å². The number of hydrogen-bond acceptors (Lipinski definition) is 5. The van der Waals surface area contributed by atoms with E-state index in [1.54, 1.807) is 6.07 Å². The third-order valence-electron chi connectivity index (χ3n) is 6.41. The summed E-state index contributed by atoms with van der Waals surface area (Å²) in [5, 5.41) is 9.53. The van der Waals surface area contributed by atoms with Crippen molar-refractivity contribution in [2.75, 3.05) is 44.2 Å². The normalized spacial score (nSPS) is 17.4. The first-order chi connectivity index (χ1) is 15.0. The lowest BCUT2D eigenvalue weighted by molar-refractivity contribution is 0.0695. The molecule has 2 heterocycles. The van der Waals surface area contributed by atoms with Crippen LogP contribution in [0, 0.1) is 5.82 Å². The molecule has 2 aliphatic rings. The predicted molar refractivity (Wildman–Crippen MR) is 120 cm³/mol. The molecule has 2 fully saturated rings. The molecule has 0 radical (unpaired) electrons. The van der Waals surface area contributed by atoms with Gasteiger partial charge in [-0.2, -0.15) is 0 Å². The number of halogens is 1. The van der Waals surface area contributed by atoms with E-state index < -0.39 is 17.2 Å². The highest BCUT2D eigenvalue weighted by Crippen LogP contribution is 2.38. The van der Waals surface area contributed by atoms with E-state index in [1.165, 1.54) is 25.1 Å². The number of rotatable bonds is 9. The Morgan fingerprint density at radius 3 is 2.45 bits per heavy atom. The number of fused-ring (bicyclic) bond motifs is 1. The van der Waals surface area contributed by atoms with Gasteiger partial charge in [0.05, 0.1) is 11.2 Å². The van der Waals surface area contributed by atoms with Crippen LogP contribution in [0.15, 0.2) is 23.1 Å². The highest BCUT2D eigenvalue weighted by Gasteiger charge is 2.28. The van der Waals surface area contributed by atoms with Gasteiger partial charge in [0.15, 0.2) is 0 Å². The molecule has 31 heavy (non-hydrogen) atoms. The number of unbranched alkanes of at least 4 members (excludes halogenated alkanes) is 3. The number of nitrogens with two attached hydrogens (primary N) is 1. The van der Waals surface area contributed by atoms with Crippen molar-refractivity contribution in [2.45, 2.75) is 44.6 Å². The summed E-state index contributed by atoms with van der Waals surface area (Å²) in [6.07, 6.45) is 7.90. The largest absolute Gasteiger partial charge is 0.477 e. The number of pyridine rings is 1. The molecule has 2 aromatic rings. The zero-order chi connectivity index (χ0) is 22.0. The second-order valence-corrected chi connectivity index (χ2v) is 8.67. The van der Waals surface area contributed by atoms with Gasteiger partial charge in [0.2, 0.25) is 5.43 Å². The Hall–Kier alpha value is -2.45. The van der Waals surface area contributed by atoms with Crippen molar-refractivity contribution in [1.82, 2.24) is 9.47 Å². The number of carboxylic acids is 1. The molecular formula is C23H31FN4O3. The minimum absolute atomic E-state index is 0.143. The second kappa shape index (κ2) is 9.36. The molecule has 8 heteroatoms. The minimum Gasteiger partial charge on any atom is -0.477 e. The molecular weight excluding hydrogens is 399 g/mol. The number of anilines is 1. The molecule has 168 valence electrons. The summed E-state index contributed by atoms with van der Waals surface area (Å²) in [6, 6.07) is 3.14. The summed E-state index contributed by atoms with van der Waals surface area (Å²) < 4.78 is 16.9. The Bertz CT molecular complexity index is 1010. The number of benzene rings is 1. The number of carbonyl (C=O) groups is 1. The molecule has 1 aliphatic heterocycles. The van der Waals surface area contributed by atoms with Crippen molar-refractivity contribution < 1.29 is 14.3 Å². The molecule has 1 saturated heterocycles. The summed E-state index contributed by atoms with van der Waals surface area (Å²) in [6.45, 7) is 5.02. The van der Waals surface area contributed by atoms with E-state index in [4.69, 9.17) is 5.73 Å². The maximum Gasteiger partial charge on any atom is 0.341 e. The molecule has 0 amide bonds. The van der Waals surface area contributed by atoms with Crippen LogP contribution in [0.2, 0.25) is 0 Å². The highest BCUT2D eigenvalue weighted by atomic mass is 19.1. The van der Waals surface area contributed by atoms with Crippen molar-refractivity contribution >= 4 is 22.6 Å². The molecule has 1 aromatic carbocycles. The molecule has 0 bridgehead atoms. The van der Waals surface area contributed by atoms with Crippen LogP contribution >= 0.6 is 0 Å². The van der Waals surface area contributed by atoms with E-state index in [0.29, 0.717) is 11.2 Å². The van der Waals surface area contributed by atoms with Crippen LogP contribution in [0.3, 0.4) is 0 Å². The number of hydrogen-bond donors (Lipinski definition) is 2. The Labute approximate surface area is 181 Å². The lowest BCUT2D eigenvalue weighted by Gasteiger charge is -2.36. The average molecular weight is 431 g/mol. The van der Waals surface area contributed by atoms with Gasteiger partial charge in [-0.25, -0.2) is 9.18 Å². The predicted octanol–water partition coefficient (Wildman–Crippen LogP) is 2.81. The molecule has 1 aromatic heterocycles. The van der Waals surface area contributed by atoms with Gasteiger partial charge >= 0.3 is 5.97 Å². The Balaban J connectivity index is 1.52. The summed E-state index contributed by atoms with van der Waals surface area (Å²) in [5.41, 5.74) is 5.73. The molecule has 0 atom stereocenters. The maximum absolute atomic E-state index is 15.0. The van der Waals surface area contributed by atoms with E-state index in [0.717, 1.165) is 65.0 Å². The van der Waals surface area contributed by atoms with Crippen molar-refractivity contribution in [1.29, 1.82) is 0 Å². The van der Waals surface area contributed by atoms with Gasteiger partial charge in [-0.1, -0.05) is 12.8 Å². The number of piperazine rings is 1. The fraction of sp³-hybridized carbons (Fsp3) is 0.565. The zero-order valence-corrected chi connectivity index (χ0v) is 17.9. The lowest BCUT2D eigenvalue weighted by Crippen LogP contribution is -2.47. The Morgan fingerprint density at radius 1 is 1.10 bits per heavy atom. The summed E-state index contributed by atoms with van der Waals surface area (Å²) in [4.78, 5) is 28.6. The number of carboxylic acid groups (broad SMARTS) is 1. The molecule has 7 nitrogen and oxygen atoms in total. The lowest BCUT2D eigenvalue weighted by atomic mass is 10.1. The molecule has 3 N–H and O–H groups in total. The smallest absolute Gasteiger partial charge is 0.341 e. The SMILES string of the molecule is NCCCCCCN1CCN(c2cc3c(cc2F)c(=O)c(C(=O)O)cn3C2CC2)CC1. The molecule has 4 rings (SSSR count). The first-order valence-corrected chi connectivity index (χ1v) is 11.3. The third kappa shape index (κ3) is 4.75. The number of aromatic nitrogens is 1. The van der Waals surface area contributed by atoms with Gasteiger partial charge in [0.25, 0.3) is 0 Å². The average Bonchev–Trinajstić information content (AvgIpc) is 3.59. The zero-order valence-electron chi connectivity index (χ0n) is 17.9. The van der Waals surface area contributed by atoms with E-state index in [2.05, 4.69) is 4.90 Å². The first kappa shape index (κ1) is 21.8. The second-order valence-electron chi connectivity index (χ2n) is 8.67. The quantitative estimate of drug-likeness (QED) is 0.595. The monoisotopic (exact) mass is 430 g/mol. The third-order valence-corrected chi connectivity index (χ3v) is 6.41. The number of nitrogens with zero attached hydrogens (tertiary/aromatic N) is 3. The maximum atomic E-state index is 15.0. The Morgan fingerprint density at radius 2 is 1.81 bits per heavy atom. The van der Waals surface area contributed by atoms with Crippen LogP contribution in [0.1, 0.15) is 54.9 Å². The van der Waals surface area contributed by atoms with E-state index in [-0.39, 0.29) is 17.0 Å². The van der Waals surface area contributed by atoms with Crippen LogP contribution in [0.25, 0.3) is 10.9 Å². The van der Waals surface area contributed by atoms with Crippen molar-refractivity contribution in [3.05, 3.63) is 39.9 Å². The van der Waals surface area contributed by atoms with Crippen LogP contribution in [-0.2, 0) is 0 Å². The van der Waals surface area contributed by atoms with Crippen LogP contribution in [-0.4, -0.2) is 59.8 Å². The topological polar surface area (TPSA) is 91.8 Å². The standard InChI is InChI=1S/C23H31FN4O3/c24-19-13-17-20(28(16-5-6-16)15-18(22(17)29)23(30)31)14-21(19)27-11-9-26(10-12-27)8-4-2-1-3-7-25/h13-16H,1-12,25H2,(H,30,31). The van der Waals surface area contributed by atoms with Gasteiger partial charge in [0.1, 0.15) is 11.4 Å². The van der Waals surface area contributed by atoms with E-state index >= 15 is 4.39 Å². The van der Waals surface area contributed by atoms with E-state index in [9.17, 15) is 14.7 Å². The minimum atomic E-state index is -1.27. The number of aromatic carboxylic acids is 1. The van der Waals surface area contributed by atoms with Gasteiger partial charge in [0, 0.05) is 43.8 Å². The van der Waals surface area contributed by atoms with Crippen LogP contribution in [0.5, 0.6) is 0 Å². The van der Waals surface area contributed by atoms with Gasteiger partial charge < -0.3 is 20.3 Å². The highest BCUT2D eigenvalue weighted by molar-refractivity contribution is 5.93. The fourth-order valence-corrected chi connectivity index (χ4v) is 4.45. The molecule has 0 spiro atoms. The summed E-state index contributed by atoms with van der Waals surface area (Å²) in [5.74, 6) is -1.74. The van der Waals surface area contributed by atoms with Crippen molar-refractivity contribution in [3.8, 4) is 0 Å². The molecule has 1 aliphatic carbocycles.